The Morgan fingerprint density at radius 1 is 0.970 bits per heavy atom. The lowest BCUT2D eigenvalue weighted by Gasteiger charge is -2.31. The summed E-state index contributed by atoms with van der Waals surface area (Å²) in [7, 11) is 6.29. The summed E-state index contributed by atoms with van der Waals surface area (Å²) in [6.45, 7) is 1.15. The smallest absolute Gasteiger partial charge is 0.254 e. The van der Waals surface area contributed by atoms with Gasteiger partial charge in [0, 0.05) is 30.3 Å². The van der Waals surface area contributed by atoms with Crippen LogP contribution in [0.2, 0.25) is 0 Å². The van der Waals surface area contributed by atoms with Crippen molar-refractivity contribution in [3.63, 3.8) is 0 Å². The molecular weight excluding hydrogens is 426 g/mol. The number of aromatic nitrogens is 2. The van der Waals surface area contributed by atoms with Gasteiger partial charge in [-0.05, 0) is 43.2 Å². The van der Waals surface area contributed by atoms with Crippen molar-refractivity contribution in [1.29, 1.82) is 0 Å². The Bertz CT molecular complexity index is 1110. The second-order valence-corrected chi connectivity index (χ2v) is 7.72. The number of nitrogens with zero attached hydrogens (tertiary/aromatic N) is 3. The van der Waals surface area contributed by atoms with E-state index in [1.165, 1.54) is 0 Å². The maximum atomic E-state index is 13.2. The number of hydrogen-bond donors (Lipinski definition) is 0. The highest BCUT2D eigenvalue weighted by molar-refractivity contribution is 5.95. The number of hydrogen-bond acceptors (Lipinski definition) is 8. The molecule has 33 heavy (non-hydrogen) atoms. The van der Waals surface area contributed by atoms with Crippen LogP contribution < -0.4 is 18.9 Å². The molecule has 1 saturated heterocycles. The van der Waals surface area contributed by atoms with Crippen molar-refractivity contribution >= 4 is 5.91 Å². The largest absolute Gasteiger partial charge is 0.497 e. The van der Waals surface area contributed by atoms with Crippen LogP contribution in [0.15, 0.2) is 40.9 Å². The number of benzene rings is 2. The lowest BCUT2D eigenvalue weighted by Crippen LogP contribution is -2.39. The van der Waals surface area contributed by atoms with Gasteiger partial charge in [0.2, 0.25) is 11.7 Å². The topological polar surface area (TPSA) is 96.2 Å². The molecule has 1 aliphatic rings. The van der Waals surface area contributed by atoms with Gasteiger partial charge in [0.05, 0.1) is 34.4 Å². The van der Waals surface area contributed by atoms with Gasteiger partial charge in [-0.3, -0.25) is 4.79 Å². The third-order valence-corrected chi connectivity index (χ3v) is 5.74. The van der Waals surface area contributed by atoms with Crippen LogP contribution in [0.5, 0.6) is 23.0 Å². The minimum atomic E-state index is -0.0865. The first-order valence-corrected chi connectivity index (χ1v) is 10.6. The van der Waals surface area contributed by atoms with Gasteiger partial charge in [0.15, 0.2) is 11.5 Å². The summed E-state index contributed by atoms with van der Waals surface area (Å²) >= 11 is 0. The standard InChI is InChI=1S/C24H27N3O6/c1-29-18-10-17(11-19(13-18)30-2)24(28)27-9-5-6-16(14-27)23-25-22(26-33-23)15-7-8-20(31-3)21(12-15)32-4/h7-8,10-13,16H,5-6,9,14H2,1-4H3/t16-/m1/s1. The molecule has 9 heteroatoms. The van der Waals surface area contributed by atoms with Gasteiger partial charge >= 0.3 is 0 Å². The van der Waals surface area contributed by atoms with Crippen LogP contribution in [0, 0.1) is 0 Å². The van der Waals surface area contributed by atoms with Crippen LogP contribution in [-0.2, 0) is 0 Å². The van der Waals surface area contributed by atoms with Crippen molar-refractivity contribution in [1.82, 2.24) is 15.0 Å². The fraction of sp³-hybridized carbons (Fsp3) is 0.375. The first kappa shape index (κ1) is 22.4. The summed E-state index contributed by atoms with van der Waals surface area (Å²) in [6.07, 6.45) is 1.70. The Kier molecular flexibility index (Phi) is 6.67. The lowest BCUT2D eigenvalue weighted by atomic mass is 9.97. The zero-order valence-electron chi connectivity index (χ0n) is 19.2. The predicted octanol–water partition coefficient (Wildman–Crippen LogP) is 3.79. The Labute approximate surface area is 192 Å². The highest BCUT2D eigenvalue weighted by atomic mass is 16.5. The Morgan fingerprint density at radius 2 is 1.70 bits per heavy atom. The lowest BCUT2D eigenvalue weighted by molar-refractivity contribution is 0.0695. The van der Waals surface area contributed by atoms with Gasteiger partial charge in [0.1, 0.15) is 11.5 Å². The average molecular weight is 453 g/mol. The average Bonchev–Trinajstić information content (AvgIpc) is 3.38. The molecule has 174 valence electrons. The summed E-state index contributed by atoms with van der Waals surface area (Å²) < 4.78 is 26.8. The number of amides is 1. The molecule has 0 spiro atoms. The number of methoxy groups -OCH3 is 4. The SMILES string of the molecule is COc1cc(OC)cc(C(=O)N2CCC[C@@H](c3nc(-c4ccc(OC)c(OC)c4)no3)C2)c1. The normalized spacial score (nSPS) is 15.8. The van der Waals surface area contributed by atoms with Crippen molar-refractivity contribution in [2.45, 2.75) is 18.8 Å². The molecule has 0 radical (unpaired) electrons. The van der Waals surface area contributed by atoms with Gasteiger partial charge in [-0.15, -0.1) is 0 Å². The van der Waals surface area contributed by atoms with Gasteiger partial charge in [-0.2, -0.15) is 4.98 Å². The number of rotatable bonds is 7. The van der Waals surface area contributed by atoms with Crippen molar-refractivity contribution in [3.05, 3.63) is 47.9 Å². The van der Waals surface area contributed by atoms with E-state index in [1.54, 1.807) is 58.8 Å². The van der Waals surface area contributed by atoms with E-state index in [4.69, 9.17) is 23.5 Å². The van der Waals surface area contributed by atoms with Crippen LogP contribution in [0.25, 0.3) is 11.4 Å². The minimum absolute atomic E-state index is 0.0448. The fourth-order valence-corrected chi connectivity index (χ4v) is 3.97. The molecule has 2 aromatic carbocycles. The number of carbonyl (C=O) groups is 1. The number of likely N-dealkylation sites (tertiary alicyclic amines) is 1. The maximum absolute atomic E-state index is 13.2. The van der Waals surface area contributed by atoms with E-state index < -0.39 is 0 Å². The molecule has 0 saturated carbocycles. The highest BCUT2D eigenvalue weighted by Gasteiger charge is 2.30. The van der Waals surface area contributed by atoms with Crippen molar-refractivity contribution < 1.29 is 28.3 Å². The molecule has 3 aromatic rings. The van der Waals surface area contributed by atoms with Gasteiger partial charge < -0.3 is 28.4 Å². The second-order valence-electron chi connectivity index (χ2n) is 7.72. The summed E-state index contributed by atoms with van der Waals surface area (Å²) in [4.78, 5) is 19.6. The van der Waals surface area contributed by atoms with Crippen LogP contribution >= 0.6 is 0 Å². The van der Waals surface area contributed by atoms with Crippen LogP contribution in [0.4, 0.5) is 0 Å². The third kappa shape index (κ3) is 4.72. The monoisotopic (exact) mass is 453 g/mol. The van der Waals surface area contributed by atoms with E-state index in [0.29, 0.717) is 53.4 Å². The summed E-state index contributed by atoms with van der Waals surface area (Å²) in [5.74, 6) is 3.20. The van der Waals surface area contributed by atoms with E-state index in [2.05, 4.69) is 10.1 Å². The Balaban J connectivity index is 1.52. The van der Waals surface area contributed by atoms with Gasteiger partial charge in [-0.25, -0.2) is 0 Å². The molecule has 1 amide bonds. The Hall–Kier alpha value is -3.75. The molecule has 1 fully saturated rings. The van der Waals surface area contributed by atoms with Crippen molar-refractivity contribution in [2.24, 2.45) is 0 Å². The zero-order chi connectivity index (χ0) is 23.4. The summed E-state index contributed by atoms with van der Waals surface area (Å²) in [5.41, 5.74) is 1.28. The van der Waals surface area contributed by atoms with Crippen LogP contribution in [0.1, 0.15) is 35.0 Å². The molecule has 1 atom stereocenters. The molecular formula is C24H27N3O6. The minimum Gasteiger partial charge on any atom is -0.497 e. The molecule has 0 bridgehead atoms. The number of carbonyl (C=O) groups excluding carboxylic acids is 1. The molecule has 0 N–H and O–H groups in total. The molecule has 2 heterocycles. The van der Waals surface area contributed by atoms with E-state index in [9.17, 15) is 4.79 Å². The first-order chi connectivity index (χ1) is 16.1. The van der Waals surface area contributed by atoms with Crippen LogP contribution in [0.3, 0.4) is 0 Å². The van der Waals surface area contributed by atoms with E-state index in [1.807, 2.05) is 11.0 Å². The molecule has 9 nitrogen and oxygen atoms in total. The number of ether oxygens (including phenoxy) is 4. The Morgan fingerprint density at radius 3 is 2.36 bits per heavy atom. The molecule has 1 aromatic heterocycles. The summed E-state index contributed by atoms with van der Waals surface area (Å²) in [5, 5.41) is 4.15. The summed E-state index contributed by atoms with van der Waals surface area (Å²) in [6, 6.07) is 10.6. The molecule has 0 aliphatic carbocycles. The maximum Gasteiger partial charge on any atom is 0.254 e. The fourth-order valence-electron chi connectivity index (χ4n) is 3.97. The van der Waals surface area contributed by atoms with E-state index in [-0.39, 0.29) is 11.8 Å². The van der Waals surface area contributed by atoms with Crippen molar-refractivity contribution in [2.75, 3.05) is 41.5 Å². The van der Waals surface area contributed by atoms with E-state index in [0.717, 1.165) is 18.4 Å². The van der Waals surface area contributed by atoms with Gasteiger partial charge in [-0.1, -0.05) is 5.16 Å². The third-order valence-electron chi connectivity index (χ3n) is 5.74. The van der Waals surface area contributed by atoms with Gasteiger partial charge in [0.25, 0.3) is 5.91 Å². The second kappa shape index (κ2) is 9.81. The predicted molar refractivity (Wildman–Crippen MR) is 120 cm³/mol. The van der Waals surface area contributed by atoms with E-state index >= 15 is 0 Å². The van der Waals surface area contributed by atoms with Crippen LogP contribution in [-0.4, -0.2) is 62.5 Å². The quantitative estimate of drug-likeness (QED) is 0.533. The molecule has 4 rings (SSSR count). The first-order valence-electron chi connectivity index (χ1n) is 10.6. The number of piperidine rings is 1. The molecule has 1 aliphatic heterocycles. The zero-order valence-corrected chi connectivity index (χ0v) is 19.2. The molecule has 0 unspecified atom stereocenters. The highest BCUT2D eigenvalue weighted by Crippen LogP contribution is 2.33. The van der Waals surface area contributed by atoms with Crippen molar-refractivity contribution in [3.8, 4) is 34.4 Å².